The summed E-state index contributed by atoms with van der Waals surface area (Å²) in [6, 6.07) is 0.497. The van der Waals surface area contributed by atoms with Gasteiger partial charge in [0.1, 0.15) is 0 Å². The van der Waals surface area contributed by atoms with Gasteiger partial charge in [-0.1, -0.05) is 12.8 Å². The van der Waals surface area contributed by atoms with Crippen LogP contribution < -0.4 is 5.73 Å². The first-order valence-corrected chi connectivity index (χ1v) is 5.36. The molecule has 1 aliphatic rings. The first-order chi connectivity index (χ1) is 6.24. The molecule has 78 valence electrons. The van der Waals surface area contributed by atoms with E-state index in [4.69, 9.17) is 5.73 Å². The number of nitrogens with two attached hydrogens (primary N) is 1. The molecule has 0 aliphatic carbocycles. The van der Waals surface area contributed by atoms with Gasteiger partial charge < -0.3 is 10.8 Å². The van der Waals surface area contributed by atoms with Gasteiger partial charge in [0, 0.05) is 19.1 Å². The molecule has 2 unspecified atom stereocenters. The van der Waals surface area contributed by atoms with Crippen molar-refractivity contribution in [3.05, 3.63) is 0 Å². The molecule has 1 aliphatic heterocycles. The van der Waals surface area contributed by atoms with Crippen LogP contribution in [0.2, 0.25) is 0 Å². The number of hydrogen-bond donors (Lipinski definition) is 2. The standard InChI is InChI=1S/C10H22N2O/c1-9(13)8-12-6-4-2-3-5-10(12)7-11/h9-10,13H,2-8,11H2,1H3. The number of likely N-dealkylation sites (tertiary alicyclic amines) is 1. The minimum absolute atomic E-state index is 0.229. The summed E-state index contributed by atoms with van der Waals surface area (Å²) in [7, 11) is 0. The van der Waals surface area contributed by atoms with Crippen LogP contribution >= 0.6 is 0 Å². The van der Waals surface area contributed by atoms with E-state index < -0.39 is 0 Å². The van der Waals surface area contributed by atoms with Crippen molar-refractivity contribution >= 4 is 0 Å². The van der Waals surface area contributed by atoms with Crippen molar-refractivity contribution in [1.29, 1.82) is 0 Å². The van der Waals surface area contributed by atoms with Crippen molar-refractivity contribution in [2.45, 2.75) is 44.8 Å². The molecule has 3 nitrogen and oxygen atoms in total. The van der Waals surface area contributed by atoms with Crippen LogP contribution in [0.3, 0.4) is 0 Å². The molecule has 2 atom stereocenters. The second-order valence-corrected chi connectivity index (χ2v) is 4.08. The molecule has 0 amide bonds. The second-order valence-electron chi connectivity index (χ2n) is 4.08. The second kappa shape index (κ2) is 5.58. The molecule has 13 heavy (non-hydrogen) atoms. The van der Waals surface area contributed by atoms with Gasteiger partial charge in [-0.15, -0.1) is 0 Å². The Kier molecular flexibility index (Phi) is 4.70. The maximum Gasteiger partial charge on any atom is 0.0639 e. The zero-order valence-electron chi connectivity index (χ0n) is 8.58. The normalized spacial score (nSPS) is 28.4. The molecule has 1 rings (SSSR count). The largest absolute Gasteiger partial charge is 0.392 e. The van der Waals surface area contributed by atoms with Gasteiger partial charge in [-0.2, -0.15) is 0 Å². The number of nitrogens with zero attached hydrogens (tertiary/aromatic N) is 1. The molecule has 1 fully saturated rings. The Morgan fingerprint density at radius 3 is 2.85 bits per heavy atom. The Hall–Kier alpha value is -0.120. The van der Waals surface area contributed by atoms with Crippen molar-refractivity contribution < 1.29 is 5.11 Å². The van der Waals surface area contributed by atoms with Crippen molar-refractivity contribution in [3.8, 4) is 0 Å². The topological polar surface area (TPSA) is 49.5 Å². The molecular formula is C10H22N2O. The average Bonchev–Trinajstić information content (AvgIpc) is 2.28. The molecule has 0 aromatic carbocycles. The molecule has 1 saturated heterocycles. The fourth-order valence-electron chi connectivity index (χ4n) is 2.08. The molecule has 1 heterocycles. The highest BCUT2D eigenvalue weighted by Crippen LogP contribution is 2.15. The zero-order valence-corrected chi connectivity index (χ0v) is 8.58. The third-order valence-corrected chi connectivity index (χ3v) is 2.77. The number of hydrogen-bond acceptors (Lipinski definition) is 3. The van der Waals surface area contributed by atoms with Crippen molar-refractivity contribution in [2.75, 3.05) is 19.6 Å². The monoisotopic (exact) mass is 186 g/mol. The van der Waals surface area contributed by atoms with E-state index in [-0.39, 0.29) is 6.10 Å². The van der Waals surface area contributed by atoms with Gasteiger partial charge >= 0.3 is 0 Å². The lowest BCUT2D eigenvalue weighted by molar-refractivity contribution is 0.102. The third kappa shape index (κ3) is 3.63. The van der Waals surface area contributed by atoms with Gasteiger partial charge in [-0.3, -0.25) is 4.90 Å². The van der Waals surface area contributed by atoms with Gasteiger partial charge in [0.25, 0.3) is 0 Å². The zero-order chi connectivity index (χ0) is 9.68. The van der Waals surface area contributed by atoms with Crippen LogP contribution in [0.5, 0.6) is 0 Å². The third-order valence-electron chi connectivity index (χ3n) is 2.77. The molecule has 0 aromatic heterocycles. The Balaban J connectivity index is 2.44. The maximum atomic E-state index is 9.33. The van der Waals surface area contributed by atoms with Crippen LogP contribution in [0.4, 0.5) is 0 Å². The van der Waals surface area contributed by atoms with E-state index in [1.54, 1.807) is 0 Å². The van der Waals surface area contributed by atoms with Gasteiger partial charge in [-0.25, -0.2) is 0 Å². The highest BCUT2D eigenvalue weighted by molar-refractivity contribution is 4.77. The first-order valence-electron chi connectivity index (χ1n) is 5.36. The summed E-state index contributed by atoms with van der Waals surface area (Å²) in [5.41, 5.74) is 5.72. The van der Waals surface area contributed by atoms with E-state index in [2.05, 4.69) is 4.90 Å². The van der Waals surface area contributed by atoms with Crippen LogP contribution in [-0.4, -0.2) is 41.8 Å². The average molecular weight is 186 g/mol. The predicted molar refractivity (Wildman–Crippen MR) is 54.6 cm³/mol. The Labute approximate surface area is 80.9 Å². The van der Waals surface area contributed by atoms with Gasteiger partial charge in [0.2, 0.25) is 0 Å². The van der Waals surface area contributed by atoms with E-state index in [0.717, 1.165) is 19.6 Å². The number of aliphatic hydroxyl groups excluding tert-OH is 1. The van der Waals surface area contributed by atoms with Crippen molar-refractivity contribution in [3.63, 3.8) is 0 Å². The minimum atomic E-state index is -0.229. The number of rotatable bonds is 3. The van der Waals surface area contributed by atoms with E-state index in [1.165, 1.54) is 25.7 Å². The summed E-state index contributed by atoms with van der Waals surface area (Å²) in [5, 5.41) is 9.33. The van der Waals surface area contributed by atoms with Crippen molar-refractivity contribution in [2.24, 2.45) is 5.73 Å². The van der Waals surface area contributed by atoms with Crippen LogP contribution in [0.1, 0.15) is 32.6 Å². The molecule has 0 bridgehead atoms. The Morgan fingerprint density at radius 1 is 1.46 bits per heavy atom. The fraction of sp³-hybridized carbons (Fsp3) is 1.00. The highest BCUT2D eigenvalue weighted by Gasteiger charge is 2.20. The van der Waals surface area contributed by atoms with Gasteiger partial charge in [0.05, 0.1) is 6.10 Å². The van der Waals surface area contributed by atoms with Gasteiger partial charge in [0.15, 0.2) is 0 Å². The predicted octanol–water partition coefficient (Wildman–Crippen LogP) is 0.571. The molecule has 3 N–H and O–H groups in total. The maximum absolute atomic E-state index is 9.33. The molecule has 0 aromatic rings. The molecule has 0 saturated carbocycles. The van der Waals surface area contributed by atoms with E-state index in [9.17, 15) is 5.11 Å². The summed E-state index contributed by atoms with van der Waals surface area (Å²) in [5.74, 6) is 0. The van der Waals surface area contributed by atoms with Crippen LogP contribution in [-0.2, 0) is 0 Å². The molecule has 0 radical (unpaired) electrons. The quantitative estimate of drug-likeness (QED) is 0.677. The molecule has 3 heteroatoms. The van der Waals surface area contributed by atoms with Gasteiger partial charge in [-0.05, 0) is 26.3 Å². The fourth-order valence-corrected chi connectivity index (χ4v) is 2.08. The molecular weight excluding hydrogens is 164 g/mol. The lowest BCUT2D eigenvalue weighted by Crippen LogP contribution is -2.43. The Bertz CT molecular complexity index is 139. The van der Waals surface area contributed by atoms with Crippen LogP contribution in [0, 0.1) is 0 Å². The Morgan fingerprint density at radius 2 is 2.23 bits per heavy atom. The summed E-state index contributed by atoms with van der Waals surface area (Å²) in [6.45, 7) is 4.46. The lowest BCUT2D eigenvalue weighted by Gasteiger charge is -2.29. The number of β-amino-alcohol motifs (C(OH)–C–C–N with tert-alkyl or cyclic N) is 1. The van der Waals surface area contributed by atoms with Crippen molar-refractivity contribution in [1.82, 2.24) is 4.90 Å². The summed E-state index contributed by atoms with van der Waals surface area (Å²) >= 11 is 0. The van der Waals surface area contributed by atoms with Crippen LogP contribution in [0.15, 0.2) is 0 Å². The highest BCUT2D eigenvalue weighted by atomic mass is 16.3. The SMILES string of the molecule is CC(O)CN1CCCCCC1CN. The summed E-state index contributed by atoms with van der Waals surface area (Å²) in [4.78, 5) is 2.34. The van der Waals surface area contributed by atoms with E-state index >= 15 is 0 Å². The minimum Gasteiger partial charge on any atom is -0.392 e. The first kappa shape index (κ1) is 11.0. The van der Waals surface area contributed by atoms with E-state index in [0.29, 0.717) is 6.04 Å². The number of aliphatic hydroxyl groups is 1. The lowest BCUT2D eigenvalue weighted by atomic mass is 10.1. The summed E-state index contributed by atoms with van der Waals surface area (Å²) < 4.78 is 0. The van der Waals surface area contributed by atoms with Crippen LogP contribution in [0.25, 0.3) is 0 Å². The molecule has 0 spiro atoms. The smallest absolute Gasteiger partial charge is 0.0639 e. The summed E-state index contributed by atoms with van der Waals surface area (Å²) in [6.07, 6.45) is 4.82. The van der Waals surface area contributed by atoms with E-state index in [1.807, 2.05) is 6.92 Å².